The minimum absolute atomic E-state index is 0.00749. The molecule has 43 heavy (non-hydrogen) atoms. The molecule has 0 spiro atoms. The first-order valence-corrected chi connectivity index (χ1v) is 14.7. The molecular formula is C30H37F3N6O4. The van der Waals surface area contributed by atoms with E-state index in [1.54, 1.807) is 35.1 Å². The second kappa shape index (κ2) is 12.0. The smallest absolute Gasteiger partial charge is 0.346 e. The van der Waals surface area contributed by atoms with Crippen LogP contribution in [0.5, 0.6) is 0 Å². The number of rotatable bonds is 10. The van der Waals surface area contributed by atoms with Crippen molar-refractivity contribution in [2.45, 2.75) is 77.2 Å². The fraction of sp³-hybridized carbons (Fsp3) is 0.567. The van der Waals surface area contributed by atoms with Gasteiger partial charge in [0.05, 0.1) is 5.92 Å². The number of anilines is 1. The molecular weight excluding hydrogens is 565 g/mol. The van der Waals surface area contributed by atoms with Crippen LogP contribution in [-0.2, 0) is 20.9 Å². The van der Waals surface area contributed by atoms with Gasteiger partial charge in [-0.3, -0.25) is 23.9 Å². The predicted molar refractivity (Wildman–Crippen MR) is 151 cm³/mol. The molecule has 2 fully saturated rings. The molecule has 1 aromatic carbocycles. The molecule has 2 saturated carbocycles. The molecule has 5 rings (SSSR count). The highest BCUT2D eigenvalue weighted by atomic mass is 19.4. The zero-order chi connectivity index (χ0) is 31.1. The van der Waals surface area contributed by atoms with Gasteiger partial charge in [-0.15, -0.1) is 0 Å². The molecule has 1 aliphatic heterocycles. The van der Waals surface area contributed by atoms with E-state index >= 15 is 0 Å². The maximum atomic E-state index is 13.9. The summed E-state index contributed by atoms with van der Waals surface area (Å²) >= 11 is 0. The number of carbonyl (C=O) groups is 4. The van der Waals surface area contributed by atoms with Gasteiger partial charge < -0.3 is 20.9 Å². The van der Waals surface area contributed by atoms with Gasteiger partial charge in [-0.2, -0.15) is 18.3 Å². The van der Waals surface area contributed by atoms with Crippen LogP contribution >= 0.6 is 0 Å². The molecule has 3 N–H and O–H groups in total. The Hall–Kier alpha value is -3.90. The number of halogens is 3. The molecule has 2 aromatic rings. The van der Waals surface area contributed by atoms with Crippen LogP contribution in [0.15, 0.2) is 30.5 Å². The van der Waals surface area contributed by atoms with Crippen LogP contribution in [0.25, 0.3) is 0 Å². The largest absolute Gasteiger partial charge is 0.405 e. The van der Waals surface area contributed by atoms with E-state index in [9.17, 15) is 32.3 Å². The molecule has 2 heterocycles. The van der Waals surface area contributed by atoms with Crippen molar-refractivity contribution in [3.8, 4) is 0 Å². The third kappa shape index (κ3) is 7.19. The molecule has 1 unspecified atom stereocenters. The Kier molecular flexibility index (Phi) is 8.53. The average Bonchev–Trinajstić information content (AvgIpc) is 3.89. The van der Waals surface area contributed by atoms with E-state index in [-0.39, 0.29) is 42.8 Å². The summed E-state index contributed by atoms with van der Waals surface area (Å²) in [5.41, 5.74) is 1.82. The first-order valence-electron chi connectivity index (χ1n) is 14.7. The number of amides is 4. The van der Waals surface area contributed by atoms with Crippen LogP contribution in [0.3, 0.4) is 0 Å². The summed E-state index contributed by atoms with van der Waals surface area (Å²) in [6.07, 6.45) is 0.993. The molecule has 2 aliphatic carbocycles. The van der Waals surface area contributed by atoms with E-state index < -0.39 is 30.6 Å². The first-order chi connectivity index (χ1) is 20.3. The Labute approximate surface area is 247 Å². The lowest BCUT2D eigenvalue weighted by Crippen LogP contribution is -2.50. The summed E-state index contributed by atoms with van der Waals surface area (Å²) in [5.74, 6) is -2.21. The Morgan fingerprint density at radius 1 is 1.05 bits per heavy atom. The van der Waals surface area contributed by atoms with E-state index in [0.717, 1.165) is 25.7 Å². The van der Waals surface area contributed by atoms with Crippen molar-refractivity contribution in [2.75, 3.05) is 18.4 Å². The number of aromatic nitrogens is 2. The second-order valence-corrected chi connectivity index (χ2v) is 12.1. The Morgan fingerprint density at radius 2 is 1.72 bits per heavy atom. The van der Waals surface area contributed by atoms with Gasteiger partial charge in [0.2, 0.25) is 17.7 Å². The standard InChI is InChI=1S/C30H37F3N6O4/c1-16(2)39-24(10-11-35-39)28(42)37-26(25(18-4-5-18)19-6-7-19)29(43)36-21-8-9-22-20(12-21)13-38(17(3)40)14-23(22)27(41)34-15-30(31,32)33/h8-12,16,18-19,23,25-26H,4-7,13-15H2,1-3H3,(H,34,41)(H,36,43)(H,37,42)/t23?,26-/m0/s1. The highest BCUT2D eigenvalue weighted by Gasteiger charge is 2.48. The van der Waals surface area contributed by atoms with Gasteiger partial charge in [-0.05, 0) is 86.6 Å². The lowest BCUT2D eigenvalue weighted by atomic mass is 9.87. The van der Waals surface area contributed by atoms with Gasteiger partial charge in [-0.25, -0.2) is 0 Å². The Balaban J connectivity index is 1.38. The normalized spacial score (nSPS) is 19.2. The van der Waals surface area contributed by atoms with Crippen LogP contribution in [0.4, 0.5) is 18.9 Å². The number of alkyl halides is 3. The third-order valence-corrected chi connectivity index (χ3v) is 8.45. The Bertz CT molecular complexity index is 1390. The highest BCUT2D eigenvalue weighted by Crippen LogP contribution is 2.51. The fourth-order valence-corrected chi connectivity index (χ4v) is 6.09. The van der Waals surface area contributed by atoms with Crippen molar-refractivity contribution in [1.82, 2.24) is 25.3 Å². The molecule has 4 amide bonds. The van der Waals surface area contributed by atoms with Crippen molar-refractivity contribution in [3.63, 3.8) is 0 Å². The molecule has 3 aliphatic rings. The monoisotopic (exact) mass is 602 g/mol. The Morgan fingerprint density at radius 3 is 2.30 bits per heavy atom. The highest BCUT2D eigenvalue weighted by molar-refractivity contribution is 6.01. The van der Waals surface area contributed by atoms with Crippen molar-refractivity contribution in [2.24, 2.45) is 17.8 Å². The van der Waals surface area contributed by atoms with Crippen LogP contribution < -0.4 is 16.0 Å². The molecule has 2 atom stereocenters. The number of fused-ring (bicyclic) bond motifs is 1. The quantitative estimate of drug-likeness (QED) is 0.382. The summed E-state index contributed by atoms with van der Waals surface area (Å²) in [7, 11) is 0. The van der Waals surface area contributed by atoms with Crippen LogP contribution in [0.1, 0.15) is 80.0 Å². The summed E-state index contributed by atoms with van der Waals surface area (Å²) in [4.78, 5) is 53.6. The topological polar surface area (TPSA) is 125 Å². The maximum absolute atomic E-state index is 13.9. The summed E-state index contributed by atoms with van der Waals surface area (Å²) in [5, 5.41) is 12.1. The summed E-state index contributed by atoms with van der Waals surface area (Å²) < 4.78 is 39.9. The SMILES string of the molecule is CC(=O)N1Cc2cc(NC(=O)[C@@H](NC(=O)c3ccnn3C(C)C)C(C3CC3)C3CC3)ccc2C(C(=O)NCC(F)(F)F)C1. The van der Waals surface area contributed by atoms with E-state index in [1.165, 1.54) is 11.8 Å². The van der Waals surface area contributed by atoms with Gasteiger partial charge in [0, 0.05) is 37.9 Å². The van der Waals surface area contributed by atoms with E-state index in [4.69, 9.17) is 0 Å². The predicted octanol–water partition coefficient (Wildman–Crippen LogP) is 3.76. The lowest BCUT2D eigenvalue weighted by Gasteiger charge is -2.34. The maximum Gasteiger partial charge on any atom is 0.405 e. The molecule has 0 radical (unpaired) electrons. The van der Waals surface area contributed by atoms with Gasteiger partial charge in [0.25, 0.3) is 5.91 Å². The summed E-state index contributed by atoms with van der Waals surface area (Å²) in [6.45, 7) is 3.78. The molecule has 10 nitrogen and oxygen atoms in total. The number of hydrogen-bond donors (Lipinski definition) is 3. The zero-order valence-electron chi connectivity index (χ0n) is 24.4. The average molecular weight is 603 g/mol. The number of carbonyl (C=O) groups excluding carboxylic acids is 4. The molecule has 0 saturated heterocycles. The van der Waals surface area contributed by atoms with E-state index in [2.05, 4.69) is 15.7 Å². The third-order valence-electron chi connectivity index (χ3n) is 8.45. The van der Waals surface area contributed by atoms with Gasteiger partial charge in [0.1, 0.15) is 18.3 Å². The van der Waals surface area contributed by atoms with Crippen molar-refractivity contribution in [1.29, 1.82) is 0 Å². The summed E-state index contributed by atoms with van der Waals surface area (Å²) in [6, 6.07) is 5.64. The lowest BCUT2D eigenvalue weighted by molar-refractivity contribution is -0.140. The van der Waals surface area contributed by atoms with Crippen molar-refractivity contribution >= 4 is 29.3 Å². The van der Waals surface area contributed by atoms with Gasteiger partial charge in [0.15, 0.2) is 0 Å². The van der Waals surface area contributed by atoms with E-state index in [0.29, 0.717) is 34.3 Å². The zero-order valence-corrected chi connectivity index (χ0v) is 24.4. The number of nitrogens with one attached hydrogen (secondary N) is 3. The first kappa shape index (κ1) is 30.6. The molecule has 1 aromatic heterocycles. The van der Waals surface area contributed by atoms with Gasteiger partial charge in [-0.1, -0.05) is 6.07 Å². The fourth-order valence-electron chi connectivity index (χ4n) is 6.09. The second-order valence-electron chi connectivity index (χ2n) is 12.1. The number of hydrogen-bond acceptors (Lipinski definition) is 5. The van der Waals surface area contributed by atoms with Crippen LogP contribution in [0.2, 0.25) is 0 Å². The van der Waals surface area contributed by atoms with Crippen LogP contribution in [-0.4, -0.2) is 63.6 Å². The van der Waals surface area contributed by atoms with Crippen molar-refractivity contribution < 1.29 is 32.3 Å². The van der Waals surface area contributed by atoms with Gasteiger partial charge >= 0.3 is 6.18 Å². The molecule has 13 heteroatoms. The van der Waals surface area contributed by atoms with Crippen molar-refractivity contribution in [3.05, 3.63) is 47.3 Å². The van der Waals surface area contributed by atoms with Crippen LogP contribution in [0, 0.1) is 17.8 Å². The minimum atomic E-state index is -4.57. The van der Waals surface area contributed by atoms with E-state index in [1.807, 2.05) is 19.2 Å². The molecule has 0 bridgehead atoms. The molecule has 232 valence electrons. The number of benzene rings is 1. The minimum Gasteiger partial charge on any atom is -0.346 e. The number of nitrogens with zero attached hydrogens (tertiary/aromatic N) is 3.